The largest absolute Gasteiger partial charge is 0.476 e. The van der Waals surface area contributed by atoms with E-state index in [1.165, 1.54) is 11.6 Å². The maximum absolute atomic E-state index is 12.9. The number of nitrogens with zero attached hydrogens (tertiary/aromatic N) is 3. The Morgan fingerprint density at radius 1 is 1.35 bits per heavy atom. The number of aromatic nitrogens is 2. The van der Waals surface area contributed by atoms with Gasteiger partial charge in [-0.05, 0) is 46.1 Å². The van der Waals surface area contributed by atoms with Gasteiger partial charge >= 0.3 is 12.1 Å². The summed E-state index contributed by atoms with van der Waals surface area (Å²) in [5, 5.41) is 13.1. The Labute approximate surface area is 198 Å². The third kappa shape index (κ3) is 4.01. The molecule has 186 valence electrons. The zero-order valence-electron chi connectivity index (χ0n) is 20.1. The van der Waals surface area contributed by atoms with Crippen molar-refractivity contribution in [3.05, 3.63) is 29.6 Å². The van der Waals surface area contributed by atoms with Crippen LogP contribution in [0, 0.1) is 5.92 Å². The summed E-state index contributed by atoms with van der Waals surface area (Å²) in [5.74, 6) is -1.09. The van der Waals surface area contributed by atoms with E-state index in [0.717, 1.165) is 12.8 Å². The predicted molar refractivity (Wildman–Crippen MR) is 120 cm³/mol. The lowest BCUT2D eigenvalue weighted by Crippen LogP contribution is -2.57. The van der Waals surface area contributed by atoms with Crippen molar-refractivity contribution in [1.82, 2.24) is 14.7 Å². The van der Waals surface area contributed by atoms with Gasteiger partial charge in [0.15, 0.2) is 5.69 Å². The molecule has 1 aromatic rings. The highest BCUT2D eigenvalue weighted by Gasteiger charge is 2.72. The molecular formula is C24H33N3O7. The van der Waals surface area contributed by atoms with Crippen LogP contribution < -0.4 is 0 Å². The van der Waals surface area contributed by atoms with Crippen LogP contribution in [0.5, 0.6) is 0 Å². The van der Waals surface area contributed by atoms with Crippen LogP contribution in [0.2, 0.25) is 0 Å². The number of carbonyl (C=O) groups is 2. The highest BCUT2D eigenvalue weighted by molar-refractivity contribution is 5.85. The summed E-state index contributed by atoms with van der Waals surface area (Å²) in [6, 6.07) is 1.39. The zero-order chi connectivity index (χ0) is 24.3. The normalized spacial score (nSPS) is 36.6. The number of rotatable bonds is 7. The van der Waals surface area contributed by atoms with E-state index in [-0.39, 0.29) is 53.3 Å². The maximum atomic E-state index is 12.9. The molecular weight excluding hydrogens is 442 g/mol. The van der Waals surface area contributed by atoms with E-state index < -0.39 is 5.97 Å². The van der Waals surface area contributed by atoms with Crippen molar-refractivity contribution in [3.63, 3.8) is 0 Å². The molecule has 1 saturated carbocycles. The summed E-state index contributed by atoms with van der Waals surface area (Å²) in [6.45, 7) is 7.81. The van der Waals surface area contributed by atoms with Crippen LogP contribution in [0.25, 0.3) is 0 Å². The number of aromatic carboxylic acids is 1. The molecule has 1 N–H and O–H groups in total. The molecule has 3 aliphatic heterocycles. The number of ether oxygens (including phenoxy) is 4. The summed E-state index contributed by atoms with van der Waals surface area (Å²) in [5.41, 5.74) is 0.614. The lowest BCUT2D eigenvalue weighted by molar-refractivity contribution is -0.124. The fourth-order valence-electron chi connectivity index (χ4n) is 5.70. The molecule has 10 heteroatoms. The van der Waals surface area contributed by atoms with Crippen molar-refractivity contribution in [1.29, 1.82) is 0 Å². The average Bonchev–Trinajstić information content (AvgIpc) is 3.60. The van der Waals surface area contributed by atoms with Crippen molar-refractivity contribution >= 4 is 12.1 Å². The van der Waals surface area contributed by atoms with Gasteiger partial charge in [-0.15, -0.1) is 0 Å². The molecule has 3 saturated heterocycles. The van der Waals surface area contributed by atoms with Gasteiger partial charge in [-0.2, -0.15) is 5.10 Å². The van der Waals surface area contributed by atoms with Crippen LogP contribution in [-0.2, 0) is 18.9 Å². The molecule has 1 aliphatic carbocycles. The molecule has 10 nitrogen and oxygen atoms in total. The Morgan fingerprint density at radius 3 is 2.68 bits per heavy atom. The molecule has 1 amide bonds. The smallest absolute Gasteiger partial charge is 0.410 e. The molecule has 0 unspecified atom stereocenters. The van der Waals surface area contributed by atoms with Crippen molar-refractivity contribution in [3.8, 4) is 0 Å². The Bertz CT molecular complexity index is 992. The first-order valence-corrected chi connectivity index (χ1v) is 11.9. The molecule has 1 spiro atoms. The molecule has 0 aromatic carbocycles. The van der Waals surface area contributed by atoms with Crippen molar-refractivity contribution < 1.29 is 33.6 Å². The van der Waals surface area contributed by atoms with Gasteiger partial charge in [0.2, 0.25) is 0 Å². The van der Waals surface area contributed by atoms with Gasteiger partial charge in [-0.25, -0.2) is 9.59 Å². The number of hydrogen-bond acceptors (Lipinski definition) is 7. The molecule has 0 bridgehead atoms. The van der Waals surface area contributed by atoms with Crippen molar-refractivity contribution in [2.75, 3.05) is 26.8 Å². The van der Waals surface area contributed by atoms with Gasteiger partial charge in [-0.1, -0.05) is 11.6 Å². The first-order valence-electron chi connectivity index (χ1n) is 11.9. The third-order valence-electron chi connectivity index (χ3n) is 7.81. The standard InChI is InChI=1S/C24H33N3O7/c1-14(2)5-6-18-23(3,34-18)20-19(31-4)17(7-9-24(20)13-32-24)33-22(30)26-11-15(12-26)27-10-8-16(25-27)21(28)29/h5,8,10,15,17-20H,6-7,9,11-13H2,1-4H3,(H,28,29)/t17-,18-,19-,20-,23+,24+/m1/s1. The third-order valence-corrected chi connectivity index (χ3v) is 7.81. The Morgan fingerprint density at radius 2 is 2.09 bits per heavy atom. The number of amides is 1. The van der Waals surface area contributed by atoms with Gasteiger partial charge in [-0.3, -0.25) is 4.68 Å². The van der Waals surface area contributed by atoms with E-state index in [0.29, 0.717) is 26.1 Å². The summed E-state index contributed by atoms with van der Waals surface area (Å²) in [4.78, 5) is 25.5. The van der Waals surface area contributed by atoms with Crippen LogP contribution >= 0.6 is 0 Å². The predicted octanol–water partition coefficient (Wildman–Crippen LogP) is 2.65. The molecule has 4 aliphatic rings. The Balaban J connectivity index is 1.22. The molecule has 34 heavy (non-hydrogen) atoms. The van der Waals surface area contributed by atoms with E-state index in [1.54, 1.807) is 22.9 Å². The Hall–Kier alpha value is -2.43. The highest BCUT2D eigenvalue weighted by Crippen LogP contribution is 2.59. The van der Waals surface area contributed by atoms with Gasteiger partial charge in [0.1, 0.15) is 23.4 Å². The minimum atomic E-state index is -1.07. The molecule has 5 rings (SSSR count). The van der Waals surface area contributed by atoms with Crippen LogP contribution in [-0.4, -0.2) is 88.2 Å². The monoisotopic (exact) mass is 475 g/mol. The quantitative estimate of drug-likeness (QED) is 0.472. The number of epoxide rings is 2. The first kappa shape index (κ1) is 23.3. The van der Waals surface area contributed by atoms with E-state index in [1.807, 2.05) is 0 Å². The number of hydrogen-bond donors (Lipinski definition) is 1. The molecule has 1 aromatic heterocycles. The minimum Gasteiger partial charge on any atom is -0.476 e. The van der Waals surface area contributed by atoms with Gasteiger partial charge in [0.25, 0.3) is 0 Å². The molecule has 4 heterocycles. The number of methoxy groups -OCH3 is 1. The number of carbonyl (C=O) groups excluding carboxylic acids is 1. The first-order chi connectivity index (χ1) is 16.2. The topological polar surface area (TPSA) is 119 Å². The zero-order valence-corrected chi connectivity index (χ0v) is 20.1. The van der Waals surface area contributed by atoms with Gasteiger partial charge in [0, 0.05) is 26.4 Å². The average molecular weight is 476 g/mol. The van der Waals surface area contributed by atoms with Crippen LogP contribution in [0.15, 0.2) is 23.9 Å². The maximum Gasteiger partial charge on any atom is 0.410 e. The second-order valence-electron chi connectivity index (χ2n) is 10.3. The van der Waals surface area contributed by atoms with E-state index in [9.17, 15) is 9.59 Å². The van der Waals surface area contributed by atoms with E-state index >= 15 is 0 Å². The lowest BCUT2D eigenvalue weighted by atomic mass is 9.68. The number of carboxylic acid groups (broad SMARTS) is 1. The van der Waals surface area contributed by atoms with Crippen LogP contribution in [0.3, 0.4) is 0 Å². The van der Waals surface area contributed by atoms with Crippen LogP contribution in [0.1, 0.15) is 56.6 Å². The van der Waals surface area contributed by atoms with Crippen molar-refractivity contribution in [2.45, 2.75) is 75.6 Å². The van der Waals surface area contributed by atoms with Crippen molar-refractivity contribution in [2.24, 2.45) is 5.92 Å². The summed E-state index contributed by atoms with van der Waals surface area (Å²) >= 11 is 0. The van der Waals surface area contributed by atoms with Crippen LogP contribution in [0.4, 0.5) is 4.79 Å². The van der Waals surface area contributed by atoms with E-state index in [2.05, 4.69) is 31.9 Å². The summed E-state index contributed by atoms with van der Waals surface area (Å²) < 4.78 is 25.6. The van der Waals surface area contributed by atoms with Gasteiger partial charge in [0.05, 0.1) is 24.7 Å². The molecule has 6 atom stereocenters. The number of carboxylic acids is 1. The molecule has 0 radical (unpaired) electrons. The Kier molecular flexibility index (Phi) is 5.73. The fraction of sp³-hybridized carbons (Fsp3) is 0.708. The fourth-order valence-corrected chi connectivity index (χ4v) is 5.70. The summed E-state index contributed by atoms with van der Waals surface area (Å²) in [6.07, 6.45) is 5.15. The lowest BCUT2D eigenvalue weighted by Gasteiger charge is -2.44. The van der Waals surface area contributed by atoms with Gasteiger partial charge < -0.3 is 29.0 Å². The SMILES string of the molecule is CO[C@@H]1[C@H](OC(=O)N2CC(n3ccc(C(=O)O)n3)C2)CC[C@]2(CO2)[C@H]1[C@@]1(C)O[C@@H]1CC=C(C)C. The number of allylic oxidation sites excluding steroid dienone is 1. The highest BCUT2D eigenvalue weighted by atomic mass is 16.6. The van der Waals surface area contributed by atoms with E-state index in [4.69, 9.17) is 24.1 Å². The second kappa shape index (κ2) is 8.35. The molecule has 4 fully saturated rings. The second-order valence-corrected chi connectivity index (χ2v) is 10.3. The summed E-state index contributed by atoms with van der Waals surface area (Å²) in [7, 11) is 1.66. The number of likely N-dealkylation sites (tertiary alicyclic amines) is 1. The minimum absolute atomic E-state index is 0.00730.